The molecule has 0 unspecified atom stereocenters. The van der Waals surface area contributed by atoms with E-state index in [1.807, 2.05) is 47.2 Å². The van der Waals surface area contributed by atoms with E-state index in [9.17, 15) is 13.2 Å². The molecule has 9 nitrogen and oxygen atoms in total. The molecule has 0 saturated carbocycles. The molecule has 11 heteroatoms. The van der Waals surface area contributed by atoms with Crippen molar-refractivity contribution in [1.29, 1.82) is 0 Å². The number of hydrogen-bond acceptors (Lipinski definition) is 5. The Bertz CT molecular complexity index is 1470. The first kappa shape index (κ1) is 23.6. The number of nitrogens with zero attached hydrogens (tertiary/aromatic N) is 2. The van der Waals surface area contributed by atoms with Crippen molar-refractivity contribution in [3.8, 4) is 5.75 Å². The summed E-state index contributed by atoms with van der Waals surface area (Å²) in [4.78, 5) is 16.7. The lowest BCUT2D eigenvalue weighted by Crippen LogP contribution is -2.20. The van der Waals surface area contributed by atoms with Gasteiger partial charge in [-0.1, -0.05) is 22.0 Å². The molecule has 0 radical (unpaired) electrons. The second-order valence-corrected chi connectivity index (χ2v) is 10.2. The van der Waals surface area contributed by atoms with Crippen molar-refractivity contribution in [3.05, 3.63) is 77.0 Å². The maximum absolute atomic E-state index is 12.7. The highest BCUT2D eigenvalue weighted by Gasteiger charge is 2.12. The lowest BCUT2D eigenvalue weighted by atomic mass is 10.2. The summed E-state index contributed by atoms with van der Waals surface area (Å²) in [5, 5.41) is 6.57. The molecular weight excluding hydrogens is 522 g/mol. The number of hydrogen-bond donors (Lipinski definition) is 3. The molecular formula is C23H22BrN5O4S. The topological polar surface area (TPSA) is 114 Å². The van der Waals surface area contributed by atoms with Crippen LogP contribution < -0.4 is 20.1 Å². The molecule has 34 heavy (non-hydrogen) atoms. The average molecular weight is 544 g/mol. The standard InChI is InChI=1S/C23H22BrN5O4S/c1-33-21-7-6-16(24)13-19(21)27-23(30)26-18-4-3-5-20-17(18)9-11-29(20)14-15-8-10-25-22(12-15)28-34(2,31)32/h3-13H,14H2,1-2H3,(H,25,28)(H2,26,27,30). The number of sulfonamides is 1. The SMILES string of the molecule is COc1ccc(Br)cc1NC(=O)Nc1cccc2c1ccn2Cc1ccnc(NS(C)(=O)=O)c1. The lowest BCUT2D eigenvalue weighted by Gasteiger charge is -2.13. The number of methoxy groups -OCH3 is 1. The molecule has 0 fully saturated rings. The summed E-state index contributed by atoms with van der Waals surface area (Å²) in [7, 11) is -1.87. The first-order valence-electron chi connectivity index (χ1n) is 10.1. The van der Waals surface area contributed by atoms with Crippen LogP contribution in [0.1, 0.15) is 5.56 Å². The molecule has 0 aliphatic heterocycles. The van der Waals surface area contributed by atoms with Gasteiger partial charge in [0.1, 0.15) is 11.6 Å². The van der Waals surface area contributed by atoms with Gasteiger partial charge in [0.2, 0.25) is 10.0 Å². The molecule has 4 aromatic rings. The molecule has 2 aromatic heterocycles. The van der Waals surface area contributed by atoms with Crippen LogP contribution in [0.2, 0.25) is 0 Å². The van der Waals surface area contributed by atoms with Crippen LogP contribution in [0.15, 0.2) is 71.5 Å². The number of fused-ring (bicyclic) bond motifs is 1. The number of urea groups is 1. The third kappa shape index (κ3) is 5.67. The zero-order chi connectivity index (χ0) is 24.3. The van der Waals surface area contributed by atoms with Crippen LogP contribution in [0.5, 0.6) is 5.75 Å². The Morgan fingerprint density at radius 1 is 1.09 bits per heavy atom. The van der Waals surface area contributed by atoms with Gasteiger partial charge in [0.05, 0.1) is 30.3 Å². The van der Waals surface area contributed by atoms with Gasteiger partial charge in [-0.2, -0.15) is 0 Å². The van der Waals surface area contributed by atoms with Crippen LogP contribution in [-0.4, -0.2) is 37.4 Å². The Labute approximate surface area is 205 Å². The third-order valence-corrected chi connectivity index (χ3v) is 6.01. The Morgan fingerprint density at radius 3 is 2.65 bits per heavy atom. The normalized spacial score (nSPS) is 11.3. The van der Waals surface area contributed by atoms with Gasteiger partial charge in [-0.3, -0.25) is 4.72 Å². The zero-order valence-corrected chi connectivity index (χ0v) is 20.8. The minimum atomic E-state index is -3.41. The van der Waals surface area contributed by atoms with E-state index in [-0.39, 0.29) is 5.82 Å². The summed E-state index contributed by atoms with van der Waals surface area (Å²) in [6.45, 7) is 0.495. The zero-order valence-electron chi connectivity index (χ0n) is 18.4. The number of amides is 2. The fourth-order valence-corrected chi connectivity index (χ4v) is 4.39. The van der Waals surface area contributed by atoms with E-state index in [1.54, 1.807) is 31.5 Å². The number of rotatable bonds is 7. The summed E-state index contributed by atoms with van der Waals surface area (Å²) in [6.07, 6.45) is 4.55. The second kappa shape index (κ2) is 9.74. The van der Waals surface area contributed by atoms with Gasteiger partial charge in [-0.15, -0.1) is 0 Å². The van der Waals surface area contributed by atoms with Gasteiger partial charge in [0.15, 0.2) is 0 Å². The number of halogens is 1. The summed E-state index contributed by atoms with van der Waals surface area (Å²) in [5.41, 5.74) is 2.97. The smallest absolute Gasteiger partial charge is 0.323 e. The summed E-state index contributed by atoms with van der Waals surface area (Å²) >= 11 is 3.40. The van der Waals surface area contributed by atoms with Crippen molar-refractivity contribution in [3.63, 3.8) is 0 Å². The highest BCUT2D eigenvalue weighted by atomic mass is 79.9. The van der Waals surface area contributed by atoms with Crippen molar-refractivity contribution in [2.24, 2.45) is 0 Å². The van der Waals surface area contributed by atoms with Gasteiger partial charge in [0, 0.05) is 28.8 Å². The number of anilines is 3. The molecule has 2 amide bonds. The van der Waals surface area contributed by atoms with Crippen LogP contribution in [0, 0.1) is 0 Å². The van der Waals surface area contributed by atoms with E-state index in [0.29, 0.717) is 23.7 Å². The van der Waals surface area contributed by atoms with Crippen LogP contribution in [0.4, 0.5) is 22.0 Å². The molecule has 0 atom stereocenters. The van der Waals surface area contributed by atoms with E-state index in [2.05, 4.69) is 36.3 Å². The quantitative estimate of drug-likeness (QED) is 0.307. The molecule has 2 heterocycles. The average Bonchev–Trinajstić information content (AvgIpc) is 3.17. The first-order valence-corrected chi connectivity index (χ1v) is 12.8. The predicted molar refractivity (Wildman–Crippen MR) is 137 cm³/mol. The van der Waals surface area contributed by atoms with Crippen LogP contribution >= 0.6 is 15.9 Å². The minimum absolute atomic E-state index is 0.262. The van der Waals surface area contributed by atoms with Crippen molar-refractivity contribution in [2.45, 2.75) is 6.54 Å². The van der Waals surface area contributed by atoms with Crippen molar-refractivity contribution in [1.82, 2.24) is 9.55 Å². The van der Waals surface area contributed by atoms with Crippen molar-refractivity contribution < 1.29 is 17.9 Å². The van der Waals surface area contributed by atoms with E-state index >= 15 is 0 Å². The van der Waals surface area contributed by atoms with E-state index in [1.165, 1.54) is 0 Å². The summed E-state index contributed by atoms with van der Waals surface area (Å²) in [5.74, 6) is 0.809. The number of carbonyl (C=O) groups excluding carboxylic acids is 1. The molecule has 0 saturated heterocycles. The maximum Gasteiger partial charge on any atom is 0.323 e. The Morgan fingerprint density at radius 2 is 1.88 bits per heavy atom. The fourth-order valence-electron chi connectivity index (χ4n) is 3.54. The Balaban J connectivity index is 1.54. The number of aromatic nitrogens is 2. The Kier molecular flexibility index (Phi) is 6.75. The van der Waals surface area contributed by atoms with Crippen LogP contribution in [0.3, 0.4) is 0 Å². The Hall–Kier alpha value is -3.57. The van der Waals surface area contributed by atoms with E-state index < -0.39 is 16.1 Å². The van der Waals surface area contributed by atoms with Gasteiger partial charge in [0.25, 0.3) is 0 Å². The molecule has 176 valence electrons. The van der Waals surface area contributed by atoms with Gasteiger partial charge in [-0.25, -0.2) is 18.2 Å². The highest BCUT2D eigenvalue weighted by Crippen LogP contribution is 2.29. The monoisotopic (exact) mass is 543 g/mol. The molecule has 0 aliphatic rings. The number of benzene rings is 2. The van der Waals surface area contributed by atoms with E-state index in [4.69, 9.17) is 4.74 Å². The fraction of sp³-hybridized carbons (Fsp3) is 0.130. The number of nitrogens with one attached hydrogen (secondary N) is 3. The van der Waals surface area contributed by atoms with Gasteiger partial charge >= 0.3 is 6.03 Å². The molecule has 2 aromatic carbocycles. The van der Waals surface area contributed by atoms with E-state index in [0.717, 1.165) is 27.2 Å². The molecule has 0 bridgehead atoms. The van der Waals surface area contributed by atoms with Crippen molar-refractivity contribution >= 4 is 60.1 Å². The summed E-state index contributed by atoms with van der Waals surface area (Å²) in [6, 6.07) is 16.0. The number of carbonyl (C=O) groups is 1. The molecule has 3 N–H and O–H groups in total. The second-order valence-electron chi connectivity index (χ2n) is 7.53. The van der Waals surface area contributed by atoms with Crippen LogP contribution in [0.25, 0.3) is 10.9 Å². The highest BCUT2D eigenvalue weighted by molar-refractivity contribution is 9.10. The van der Waals surface area contributed by atoms with Crippen LogP contribution in [-0.2, 0) is 16.6 Å². The lowest BCUT2D eigenvalue weighted by molar-refractivity contribution is 0.262. The molecule has 0 spiro atoms. The van der Waals surface area contributed by atoms with Gasteiger partial charge < -0.3 is 19.9 Å². The minimum Gasteiger partial charge on any atom is -0.495 e. The predicted octanol–water partition coefficient (Wildman–Crippen LogP) is 4.87. The third-order valence-electron chi connectivity index (χ3n) is 4.94. The summed E-state index contributed by atoms with van der Waals surface area (Å²) < 4.78 is 33.5. The molecule has 4 rings (SSSR count). The maximum atomic E-state index is 12.7. The first-order chi connectivity index (χ1) is 16.2. The molecule has 0 aliphatic carbocycles. The number of pyridine rings is 1. The van der Waals surface area contributed by atoms with Gasteiger partial charge in [-0.05, 0) is 54.1 Å². The largest absolute Gasteiger partial charge is 0.495 e. The van der Waals surface area contributed by atoms with Crippen molar-refractivity contribution in [2.75, 3.05) is 28.7 Å². The number of ether oxygens (including phenoxy) is 1.